The topological polar surface area (TPSA) is 53.2 Å². The molecule has 0 aromatic heterocycles. The van der Waals surface area contributed by atoms with Crippen molar-refractivity contribution in [1.29, 1.82) is 5.26 Å². The van der Waals surface area contributed by atoms with Gasteiger partial charge in [0.15, 0.2) is 0 Å². The van der Waals surface area contributed by atoms with Crippen LogP contribution >= 0.6 is 15.9 Å². The Morgan fingerprint density at radius 2 is 2.31 bits per heavy atom. The highest BCUT2D eigenvalue weighted by molar-refractivity contribution is 9.10. The molecule has 0 unspecified atom stereocenters. The van der Waals surface area contributed by atoms with Crippen molar-refractivity contribution in [3.8, 4) is 6.07 Å². The van der Waals surface area contributed by atoms with Gasteiger partial charge in [0.05, 0.1) is 18.2 Å². The summed E-state index contributed by atoms with van der Waals surface area (Å²) in [6.07, 6.45) is 1.46. The van der Waals surface area contributed by atoms with Crippen LogP contribution in [0.4, 0.5) is 0 Å². The fraction of sp³-hybridized carbons (Fsp3) is 0.111. The molecule has 0 spiro atoms. The van der Waals surface area contributed by atoms with E-state index in [-0.39, 0.29) is 6.54 Å². The number of benzene rings is 1. The third-order valence-corrected chi connectivity index (χ3v) is 2.23. The number of rotatable bonds is 2. The van der Waals surface area contributed by atoms with Crippen molar-refractivity contribution in [2.24, 2.45) is 4.99 Å². The zero-order valence-electron chi connectivity index (χ0n) is 6.62. The SMILES string of the molecule is N#Cc1ccc(CN=C=O)c(Br)c1. The van der Waals surface area contributed by atoms with Gasteiger partial charge in [-0.15, -0.1) is 0 Å². The summed E-state index contributed by atoms with van der Waals surface area (Å²) in [5.41, 5.74) is 1.44. The van der Waals surface area contributed by atoms with E-state index in [4.69, 9.17) is 5.26 Å². The molecule has 0 saturated carbocycles. The van der Waals surface area contributed by atoms with E-state index in [0.717, 1.165) is 10.0 Å². The first-order valence-electron chi connectivity index (χ1n) is 3.50. The lowest BCUT2D eigenvalue weighted by Gasteiger charge is -1.98. The van der Waals surface area contributed by atoms with E-state index in [9.17, 15) is 4.79 Å². The van der Waals surface area contributed by atoms with Crippen LogP contribution in [0.1, 0.15) is 11.1 Å². The van der Waals surface area contributed by atoms with Gasteiger partial charge < -0.3 is 0 Å². The van der Waals surface area contributed by atoms with E-state index in [1.165, 1.54) is 6.08 Å². The summed E-state index contributed by atoms with van der Waals surface area (Å²) in [5.74, 6) is 0. The van der Waals surface area contributed by atoms with Gasteiger partial charge in [0.25, 0.3) is 0 Å². The van der Waals surface area contributed by atoms with Crippen molar-refractivity contribution in [1.82, 2.24) is 0 Å². The first-order valence-corrected chi connectivity index (χ1v) is 4.29. The Labute approximate surface area is 83.8 Å². The van der Waals surface area contributed by atoms with Crippen LogP contribution in [0.2, 0.25) is 0 Å². The van der Waals surface area contributed by atoms with Crippen molar-refractivity contribution in [3.63, 3.8) is 0 Å². The number of halogens is 1. The second kappa shape index (κ2) is 4.56. The predicted molar refractivity (Wildman–Crippen MR) is 50.7 cm³/mol. The largest absolute Gasteiger partial charge is 0.235 e. The standard InChI is InChI=1S/C9H5BrN2O/c10-9-3-7(4-11)1-2-8(9)5-12-6-13/h1-3H,5H2. The molecule has 0 saturated heterocycles. The minimum Gasteiger partial charge on any atom is -0.211 e. The van der Waals surface area contributed by atoms with Crippen molar-refractivity contribution in [2.45, 2.75) is 6.54 Å². The molecule has 64 valence electrons. The summed E-state index contributed by atoms with van der Waals surface area (Å²) in [6, 6.07) is 7.14. The van der Waals surface area contributed by atoms with E-state index < -0.39 is 0 Å². The Kier molecular flexibility index (Phi) is 3.39. The molecule has 0 aliphatic carbocycles. The number of aliphatic imine (C=N–C) groups is 1. The van der Waals surface area contributed by atoms with Crippen LogP contribution in [0.25, 0.3) is 0 Å². The summed E-state index contributed by atoms with van der Waals surface area (Å²) in [7, 11) is 0. The highest BCUT2D eigenvalue weighted by Crippen LogP contribution is 2.18. The van der Waals surface area contributed by atoms with E-state index in [0.29, 0.717) is 5.56 Å². The van der Waals surface area contributed by atoms with Gasteiger partial charge in [-0.2, -0.15) is 5.26 Å². The zero-order valence-corrected chi connectivity index (χ0v) is 8.21. The number of nitrogens with zero attached hydrogens (tertiary/aromatic N) is 2. The molecule has 1 rings (SSSR count). The smallest absolute Gasteiger partial charge is 0.211 e. The quantitative estimate of drug-likeness (QED) is 0.584. The molecule has 0 radical (unpaired) electrons. The van der Waals surface area contributed by atoms with Crippen LogP contribution < -0.4 is 0 Å². The third-order valence-electron chi connectivity index (χ3n) is 1.50. The molecule has 0 heterocycles. The Bertz CT molecular complexity index is 403. The maximum atomic E-state index is 9.85. The molecular formula is C9H5BrN2O. The second-order valence-electron chi connectivity index (χ2n) is 2.33. The first kappa shape index (κ1) is 9.66. The second-order valence-corrected chi connectivity index (χ2v) is 3.18. The Morgan fingerprint density at radius 3 is 2.85 bits per heavy atom. The minimum absolute atomic E-state index is 0.287. The highest BCUT2D eigenvalue weighted by atomic mass is 79.9. The number of hydrogen-bond donors (Lipinski definition) is 0. The molecule has 1 aromatic rings. The Hall–Kier alpha value is -1.43. The van der Waals surface area contributed by atoms with Gasteiger partial charge in [0, 0.05) is 4.47 Å². The molecule has 0 aliphatic rings. The molecule has 0 fully saturated rings. The molecule has 1 aromatic carbocycles. The normalized spacial score (nSPS) is 8.62. The molecule has 4 heteroatoms. The summed E-state index contributed by atoms with van der Waals surface area (Å²) in [5, 5.41) is 8.57. The molecule has 13 heavy (non-hydrogen) atoms. The maximum absolute atomic E-state index is 9.85. The summed E-state index contributed by atoms with van der Waals surface area (Å²) in [4.78, 5) is 13.3. The van der Waals surface area contributed by atoms with E-state index in [2.05, 4.69) is 20.9 Å². The van der Waals surface area contributed by atoms with E-state index >= 15 is 0 Å². The van der Waals surface area contributed by atoms with Crippen LogP contribution in [0, 0.1) is 11.3 Å². The zero-order chi connectivity index (χ0) is 9.68. The van der Waals surface area contributed by atoms with Crippen molar-refractivity contribution < 1.29 is 4.79 Å². The third kappa shape index (κ3) is 2.51. The average Bonchev–Trinajstić information content (AvgIpc) is 2.16. The molecule has 3 nitrogen and oxygen atoms in total. The summed E-state index contributed by atoms with van der Waals surface area (Å²) < 4.78 is 0.783. The van der Waals surface area contributed by atoms with Crippen molar-refractivity contribution in [2.75, 3.05) is 0 Å². The number of carbonyl (C=O) groups excluding carboxylic acids is 1. The average molecular weight is 237 g/mol. The van der Waals surface area contributed by atoms with Crippen LogP contribution in [-0.2, 0) is 11.3 Å². The van der Waals surface area contributed by atoms with Gasteiger partial charge in [-0.3, -0.25) is 0 Å². The fourth-order valence-corrected chi connectivity index (χ4v) is 1.37. The van der Waals surface area contributed by atoms with E-state index in [1.807, 2.05) is 6.07 Å². The maximum Gasteiger partial charge on any atom is 0.235 e. The molecule has 0 amide bonds. The fourth-order valence-electron chi connectivity index (χ4n) is 0.863. The number of isocyanates is 1. The Balaban J connectivity index is 2.99. The van der Waals surface area contributed by atoms with Gasteiger partial charge in [0.1, 0.15) is 0 Å². The van der Waals surface area contributed by atoms with Crippen LogP contribution in [0.15, 0.2) is 27.7 Å². The number of hydrogen-bond acceptors (Lipinski definition) is 3. The summed E-state index contributed by atoms with van der Waals surface area (Å²) in [6.45, 7) is 0.287. The lowest BCUT2D eigenvalue weighted by molar-refractivity contribution is 0.562. The van der Waals surface area contributed by atoms with Gasteiger partial charge in [0.2, 0.25) is 6.08 Å². The molecular weight excluding hydrogens is 232 g/mol. The van der Waals surface area contributed by atoms with Gasteiger partial charge >= 0.3 is 0 Å². The molecule has 0 N–H and O–H groups in total. The predicted octanol–water partition coefficient (Wildman–Crippen LogP) is 2.16. The number of nitriles is 1. The Morgan fingerprint density at radius 1 is 1.54 bits per heavy atom. The first-order chi connectivity index (χ1) is 6.27. The van der Waals surface area contributed by atoms with Crippen LogP contribution in [0.3, 0.4) is 0 Å². The van der Waals surface area contributed by atoms with Crippen LogP contribution in [-0.4, -0.2) is 6.08 Å². The van der Waals surface area contributed by atoms with Gasteiger partial charge in [-0.1, -0.05) is 22.0 Å². The van der Waals surface area contributed by atoms with Gasteiger partial charge in [-0.05, 0) is 17.7 Å². The lowest BCUT2D eigenvalue weighted by atomic mass is 10.1. The molecule has 0 bridgehead atoms. The molecule has 0 atom stereocenters. The monoisotopic (exact) mass is 236 g/mol. The molecule has 0 aliphatic heterocycles. The van der Waals surface area contributed by atoms with Crippen LogP contribution in [0.5, 0.6) is 0 Å². The van der Waals surface area contributed by atoms with Gasteiger partial charge in [-0.25, -0.2) is 9.79 Å². The van der Waals surface area contributed by atoms with Crippen molar-refractivity contribution in [3.05, 3.63) is 33.8 Å². The minimum atomic E-state index is 0.287. The highest BCUT2D eigenvalue weighted by Gasteiger charge is 1.99. The summed E-state index contributed by atoms with van der Waals surface area (Å²) >= 11 is 3.28. The van der Waals surface area contributed by atoms with E-state index in [1.54, 1.807) is 18.2 Å². The van der Waals surface area contributed by atoms with Crippen molar-refractivity contribution >= 4 is 22.0 Å². The lowest BCUT2D eigenvalue weighted by Crippen LogP contribution is -1.84.